The van der Waals surface area contributed by atoms with Crippen LogP contribution in [0.25, 0.3) is 16.8 Å². The molecule has 0 bridgehead atoms. The zero-order valence-corrected chi connectivity index (χ0v) is 20.1. The summed E-state index contributed by atoms with van der Waals surface area (Å²) in [5.41, 5.74) is 6.78. The van der Waals surface area contributed by atoms with Crippen LogP contribution in [0.3, 0.4) is 0 Å². The van der Waals surface area contributed by atoms with Crippen LogP contribution in [0.5, 0.6) is 5.75 Å². The highest BCUT2D eigenvalue weighted by Crippen LogP contribution is 2.48. The molecule has 3 N–H and O–H groups in total. The normalized spacial score (nSPS) is 17.3. The summed E-state index contributed by atoms with van der Waals surface area (Å²) in [4.78, 5) is 25.2. The maximum Gasteiger partial charge on any atom is 0.280 e. The zero-order valence-electron chi connectivity index (χ0n) is 19.3. The van der Waals surface area contributed by atoms with Gasteiger partial charge in [0.05, 0.1) is 30.3 Å². The van der Waals surface area contributed by atoms with E-state index in [1.807, 2.05) is 0 Å². The number of amides is 1. The molecule has 0 radical (unpaired) electrons. The number of alkyl halides is 2. The Morgan fingerprint density at radius 3 is 2.81 bits per heavy atom. The van der Waals surface area contributed by atoms with Crippen molar-refractivity contribution < 1.29 is 18.3 Å². The minimum Gasteiger partial charge on any atom is -0.494 e. The predicted octanol–water partition coefficient (Wildman–Crippen LogP) is 3.93. The summed E-state index contributed by atoms with van der Waals surface area (Å²) >= 11 is 1.23. The Bertz CT molecular complexity index is 1400. The van der Waals surface area contributed by atoms with E-state index < -0.39 is 18.0 Å². The second-order valence-electron chi connectivity index (χ2n) is 7.77. The van der Waals surface area contributed by atoms with Crippen LogP contribution in [0.2, 0.25) is 0 Å². The molecular formula is C24H21F2N7O2S. The number of nitrogens with two attached hydrogens (primary N) is 1. The molecule has 9 nitrogen and oxygen atoms in total. The van der Waals surface area contributed by atoms with Gasteiger partial charge in [-0.15, -0.1) is 22.5 Å². The van der Waals surface area contributed by atoms with Crippen molar-refractivity contribution in [3.05, 3.63) is 52.6 Å². The third-order valence-electron chi connectivity index (χ3n) is 5.45. The first-order valence-electron chi connectivity index (χ1n) is 10.7. The topological polar surface area (TPSA) is 128 Å². The van der Waals surface area contributed by atoms with E-state index in [0.29, 0.717) is 5.69 Å². The van der Waals surface area contributed by atoms with E-state index in [0.717, 1.165) is 11.4 Å². The van der Waals surface area contributed by atoms with Crippen LogP contribution < -0.4 is 15.8 Å². The SMILES string of the molecule is C#C[C@@H]1CC1c1nnc(NC(=O)c2cnc(/C(N)=C/C=NC)cc2-c2cc(C(F)F)ncc2OC)s1. The number of aliphatic imine (C=N–C) groups is 1. The lowest BCUT2D eigenvalue weighted by Crippen LogP contribution is -2.15. The fourth-order valence-corrected chi connectivity index (χ4v) is 4.38. The van der Waals surface area contributed by atoms with Gasteiger partial charge in [0.1, 0.15) is 16.5 Å². The number of pyridine rings is 2. The lowest BCUT2D eigenvalue weighted by atomic mass is 9.98. The van der Waals surface area contributed by atoms with Gasteiger partial charge in [-0.1, -0.05) is 11.3 Å². The number of terminal acetylenes is 1. The van der Waals surface area contributed by atoms with Gasteiger partial charge in [0, 0.05) is 42.4 Å². The number of rotatable bonds is 8. The molecule has 12 heteroatoms. The van der Waals surface area contributed by atoms with Crippen molar-refractivity contribution in [3.63, 3.8) is 0 Å². The van der Waals surface area contributed by atoms with Gasteiger partial charge in [-0.05, 0) is 24.6 Å². The molecule has 1 saturated carbocycles. The Morgan fingerprint density at radius 1 is 1.33 bits per heavy atom. The number of carbonyl (C=O) groups excluding carboxylic acids is 1. The van der Waals surface area contributed by atoms with E-state index in [4.69, 9.17) is 16.9 Å². The van der Waals surface area contributed by atoms with Gasteiger partial charge >= 0.3 is 0 Å². The van der Waals surface area contributed by atoms with Gasteiger partial charge in [0.15, 0.2) is 0 Å². The molecule has 3 heterocycles. The van der Waals surface area contributed by atoms with Crippen molar-refractivity contribution in [1.82, 2.24) is 20.2 Å². The third kappa shape index (κ3) is 5.21. The number of nitrogens with zero attached hydrogens (tertiary/aromatic N) is 5. The van der Waals surface area contributed by atoms with Gasteiger partial charge in [-0.3, -0.25) is 25.1 Å². The van der Waals surface area contributed by atoms with E-state index in [1.165, 1.54) is 55.3 Å². The summed E-state index contributed by atoms with van der Waals surface area (Å²) in [6.45, 7) is 0. The van der Waals surface area contributed by atoms with E-state index in [-0.39, 0.29) is 45.1 Å². The Kier molecular flexibility index (Phi) is 7.30. The molecule has 4 rings (SSSR count). The number of halogens is 2. The van der Waals surface area contributed by atoms with Crippen LogP contribution in [0, 0.1) is 18.3 Å². The molecular weight excluding hydrogens is 488 g/mol. The fraction of sp³-hybridized carbons (Fsp3) is 0.250. The second-order valence-corrected chi connectivity index (χ2v) is 8.78. The second kappa shape index (κ2) is 10.6. The van der Waals surface area contributed by atoms with Crippen molar-refractivity contribution in [2.24, 2.45) is 16.6 Å². The number of anilines is 1. The molecule has 36 heavy (non-hydrogen) atoms. The Morgan fingerprint density at radius 2 is 2.14 bits per heavy atom. The van der Waals surface area contributed by atoms with E-state index in [9.17, 15) is 13.6 Å². The fourth-order valence-electron chi connectivity index (χ4n) is 3.46. The molecule has 0 aromatic carbocycles. The molecule has 2 atom stereocenters. The Balaban J connectivity index is 1.75. The van der Waals surface area contributed by atoms with Crippen molar-refractivity contribution in [2.45, 2.75) is 18.8 Å². The summed E-state index contributed by atoms with van der Waals surface area (Å²) in [7, 11) is 2.96. The van der Waals surface area contributed by atoms with Crippen LogP contribution in [0.15, 0.2) is 35.6 Å². The van der Waals surface area contributed by atoms with Gasteiger partial charge in [-0.2, -0.15) is 0 Å². The molecule has 1 fully saturated rings. The molecule has 1 amide bonds. The van der Waals surface area contributed by atoms with Gasteiger partial charge in [-0.25, -0.2) is 8.78 Å². The van der Waals surface area contributed by atoms with Crippen LogP contribution in [-0.4, -0.2) is 46.4 Å². The highest BCUT2D eigenvalue weighted by molar-refractivity contribution is 7.15. The first-order chi connectivity index (χ1) is 17.4. The lowest BCUT2D eigenvalue weighted by Gasteiger charge is -2.15. The molecule has 184 valence electrons. The maximum atomic E-state index is 13.5. The number of ether oxygens (including phenoxy) is 1. The Labute approximate surface area is 209 Å². The van der Waals surface area contributed by atoms with E-state index >= 15 is 0 Å². The minimum atomic E-state index is -2.83. The Hall–Kier alpha value is -4.24. The first-order valence-corrected chi connectivity index (χ1v) is 11.5. The van der Waals surface area contributed by atoms with Crippen molar-refractivity contribution in [1.29, 1.82) is 0 Å². The largest absolute Gasteiger partial charge is 0.494 e. The molecule has 1 aliphatic rings. The monoisotopic (exact) mass is 509 g/mol. The van der Waals surface area contributed by atoms with Crippen LogP contribution in [0.1, 0.15) is 45.5 Å². The highest BCUT2D eigenvalue weighted by atomic mass is 32.1. The van der Waals surface area contributed by atoms with E-state index in [1.54, 1.807) is 7.05 Å². The average Bonchev–Trinajstić information content (AvgIpc) is 3.55. The van der Waals surface area contributed by atoms with Crippen LogP contribution in [0.4, 0.5) is 13.9 Å². The molecule has 1 aliphatic carbocycles. The van der Waals surface area contributed by atoms with Crippen molar-refractivity contribution in [2.75, 3.05) is 19.5 Å². The molecule has 3 aromatic rings. The predicted molar refractivity (Wildman–Crippen MR) is 133 cm³/mol. The smallest absolute Gasteiger partial charge is 0.280 e. The number of allylic oxidation sites excluding steroid dienone is 1. The molecule has 0 spiro atoms. The van der Waals surface area contributed by atoms with Crippen molar-refractivity contribution >= 4 is 34.3 Å². The number of hydrogen-bond donors (Lipinski definition) is 2. The number of methoxy groups -OCH3 is 1. The quantitative estimate of drug-likeness (QED) is 0.348. The number of hydrogen-bond acceptors (Lipinski definition) is 9. The molecule has 0 saturated heterocycles. The highest BCUT2D eigenvalue weighted by Gasteiger charge is 2.39. The lowest BCUT2D eigenvalue weighted by molar-refractivity contribution is 0.102. The maximum absolute atomic E-state index is 13.5. The van der Waals surface area contributed by atoms with Crippen molar-refractivity contribution in [3.8, 4) is 29.2 Å². The summed E-state index contributed by atoms with van der Waals surface area (Å²) in [6.07, 6.45) is 8.97. The van der Waals surface area contributed by atoms with Crippen LogP contribution >= 0.6 is 11.3 Å². The average molecular weight is 510 g/mol. The van der Waals surface area contributed by atoms with Gasteiger partial charge < -0.3 is 10.5 Å². The number of aromatic nitrogens is 4. The molecule has 1 unspecified atom stereocenters. The third-order valence-corrected chi connectivity index (χ3v) is 6.42. The molecule has 0 aliphatic heterocycles. The standard InChI is InChI=1S/C24H21F2N7O2S/c1-4-12-7-13(12)23-32-33-24(36-23)31-22(34)16-10-29-18(17(27)5-6-28-2)8-14(16)15-9-19(21(25)26)30-11-20(15)35-3/h1,5-6,8-13,21H,7,27H2,2-3H3,(H,31,33,34)/b17-5-,28-6?/t12-,13?/m1/s1. The van der Waals surface area contributed by atoms with Gasteiger partial charge in [0.2, 0.25) is 5.13 Å². The summed E-state index contributed by atoms with van der Waals surface area (Å²) < 4.78 is 32.3. The number of nitrogens with one attached hydrogen (secondary N) is 1. The zero-order chi connectivity index (χ0) is 25.8. The number of carbonyl (C=O) groups is 1. The summed E-state index contributed by atoms with van der Waals surface area (Å²) in [5, 5.41) is 11.9. The van der Waals surface area contributed by atoms with E-state index in [2.05, 4.69) is 36.4 Å². The summed E-state index contributed by atoms with van der Waals surface area (Å²) in [6, 6.07) is 2.69. The first kappa shape index (κ1) is 24.9. The minimum absolute atomic E-state index is 0.0881. The summed E-state index contributed by atoms with van der Waals surface area (Å²) in [5.74, 6) is 2.59. The molecule has 3 aromatic heterocycles. The van der Waals surface area contributed by atoms with Crippen LogP contribution in [-0.2, 0) is 0 Å². The van der Waals surface area contributed by atoms with Gasteiger partial charge in [0.25, 0.3) is 12.3 Å².